The Hall–Kier alpha value is -1.73. The van der Waals surface area contributed by atoms with Crippen molar-refractivity contribution in [1.29, 1.82) is 0 Å². The zero-order valence-electron chi connectivity index (χ0n) is 16.7. The molecule has 0 aromatic carbocycles. The summed E-state index contributed by atoms with van der Waals surface area (Å²) in [5.74, 6) is -2.04. The minimum absolute atomic E-state index is 0.142. The molecule has 3 aliphatic heterocycles. The van der Waals surface area contributed by atoms with E-state index in [1.165, 1.54) is 13.2 Å². The average Bonchev–Trinajstić information content (AvgIpc) is 3.15. The Morgan fingerprint density at radius 1 is 1.30 bits per heavy atom. The molecule has 3 aliphatic rings. The molecule has 0 amide bonds. The predicted octanol–water partition coefficient (Wildman–Crippen LogP) is 2.17. The monoisotopic (exact) mass is 380 g/mol. The van der Waals surface area contributed by atoms with E-state index in [1.54, 1.807) is 13.8 Å². The largest absolute Gasteiger partial charge is 0.484 e. The fourth-order valence-corrected chi connectivity index (χ4v) is 5.04. The van der Waals surface area contributed by atoms with Crippen LogP contribution < -0.4 is 0 Å². The van der Waals surface area contributed by atoms with Crippen LogP contribution in [0.15, 0.2) is 11.8 Å². The number of ketones is 1. The smallest absolute Gasteiger partial charge is 0.318 e. The number of rotatable bonds is 6. The van der Waals surface area contributed by atoms with Gasteiger partial charge in [0.2, 0.25) is 5.78 Å². The van der Waals surface area contributed by atoms with Gasteiger partial charge in [0.15, 0.2) is 23.8 Å². The zero-order chi connectivity index (χ0) is 20.2. The lowest BCUT2D eigenvalue weighted by atomic mass is 9.66. The van der Waals surface area contributed by atoms with E-state index in [0.717, 1.165) is 0 Å². The van der Waals surface area contributed by atoms with Crippen molar-refractivity contribution in [1.82, 2.24) is 0 Å². The van der Waals surface area contributed by atoms with E-state index in [4.69, 9.17) is 18.9 Å². The van der Waals surface area contributed by atoms with Gasteiger partial charge in [-0.2, -0.15) is 0 Å². The van der Waals surface area contributed by atoms with Crippen LogP contribution in [0.3, 0.4) is 0 Å². The maximum Gasteiger partial charge on any atom is 0.318 e. The molecule has 3 rings (SSSR count). The van der Waals surface area contributed by atoms with Gasteiger partial charge in [-0.05, 0) is 13.8 Å². The second kappa shape index (κ2) is 6.41. The van der Waals surface area contributed by atoms with Crippen LogP contribution in [0.4, 0.5) is 0 Å². The first-order valence-corrected chi connectivity index (χ1v) is 9.43. The van der Waals surface area contributed by atoms with Gasteiger partial charge in [-0.3, -0.25) is 14.4 Å². The lowest BCUT2D eigenvalue weighted by Gasteiger charge is -2.41. The Bertz CT molecular complexity index is 698. The van der Waals surface area contributed by atoms with Crippen LogP contribution in [0.5, 0.6) is 0 Å². The summed E-state index contributed by atoms with van der Waals surface area (Å²) in [5, 5.41) is 0. The van der Waals surface area contributed by atoms with E-state index in [-0.39, 0.29) is 18.1 Å². The third-order valence-corrected chi connectivity index (χ3v) is 6.44. The maximum absolute atomic E-state index is 12.8. The van der Waals surface area contributed by atoms with Crippen molar-refractivity contribution < 1.29 is 33.3 Å². The van der Waals surface area contributed by atoms with Crippen molar-refractivity contribution in [3.8, 4) is 0 Å². The minimum Gasteiger partial charge on any atom is -0.484 e. The Labute approximate surface area is 159 Å². The quantitative estimate of drug-likeness (QED) is 0.515. The first-order chi connectivity index (χ1) is 12.6. The molecule has 0 saturated carbocycles. The molecular formula is C20H28O7. The summed E-state index contributed by atoms with van der Waals surface area (Å²) < 4.78 is 23.4. The lowest BCUT2D eigenvalue weighted by molar-refractivity contribution is -0.279. The molecule has 150 valence electrons. The Kier molecular flexibility index (Phi) is 4.75. The van der Waals surface area contributed by atoms with Crippen molar-refractivity contribution >= 4 is 18.0 Å². The molecule has 2 fully saturated rings. The van der Waals surface area contributed by atoms with E-state index in [1.807, 2.05) is 20.8 Å². The van der Waals surface area contributed by atoms with Gasteiger partial charge in [0.25, 0.3) is 0 Å². The molecule has 0 N–H and O–H groups in total. The molecule has 0 radical (unpaired) electrons. The highest BCUT2D eigenvalue weighted by molar-refractivity contribution is 5.99. The third-order valence-electron chi connectivity index (χ3n) is 6.44. The molecular weight excluding hydrogens is 352 g/mol. The van der Waals surface area contributed by atoms with Gasteiger partial charge >= 0.3 is 5.97 Å². The number of hydrogen-bond donors (Lipinski definition) is 0. The minimum atomic E-state index is -1.25. The van der Waals surface area contributed by atoms with Gasteiger partial charge in [-0.25, -0.2) is 0 Å². The molecule has 0 spiro atoms. The zero-order valence-corrected chi connectivity index (χ0v) is 16.7. The molecule has 7 nitrogen and oxygen atoms in total. The number of hydrogen-bond acceptors (Lipinski definition) is 7. The molecule has 0 aromatic heterocycles. The van der Waals surface area contributed by atoms with Gasteiger partial charge in [0, 0.05) is 31.9 Å². The second-order valence-electron chi connectivity index (χ2n) is 8.28. The molecule has 0 aliphatic carbocycles. The number of carbonyl (C=O) groups excluding carboxylic acids is 3. The van der Waals surface area contributed by atoms with Crippen molar-refractivity contribution in [2.24, 2.45) is 17.3 Å². The number of esters is 1. The fraction of sp³-hybridized carbons (Fsp3) is 0.750. The van der Waals surface area contributed by atoms with Crippen LogP contribution in [0.1, 0.15) is 47.5 Å². The van der Waals surface area contributed by atoms with Crippen LogP contribution in [-0.4, -0.2) is 48.7 Å². The third kappa shape index (κ3) is 2.51. The van der Waals surface area contributed by atoms with Crippen LogP contribution in [-0.2, 0) is 33.3 Å². The van der Waals surface area contributed by atoms with E-state index < -0.39 is 40.9 Å². The summed E-state index contributed by atoms with van der Waals surface area (Å²) in [6.07, 6.45) is 1.39. The Balaban J connectivity index is 2.01. The summed E-state index contributed by atoms with van der Waals surface area (Å²) in [6.45, 7) is 9.14. The Morgan fingerprint density at radius 3 is 2.44 bits per heavy atom. The van der Waals surface area contributed by atoms with E-state index in [2.05, 4.69) is 0 Å². The standard InChI is InChI=1S/C20H28O7/c1-7-12-8-15(22)18(4,26-12)9-13-16-14(10-21)25-17(23)19(16,5)20(24-6,27-13)11(2)3/h8,10-11,13-14,16H,7,9H2,1-6H3/t13-,14+,16+,18+,19+,20+/m0/s1. The predicted molar refractivity (Wildman–Crippen MR) is 94.5 cm³/mol. The first-order valence-electron chi connectivity index (χ1n) is 9.43. The van der Waals surface area contributed by atoms with Gasteiger partial charge in [-0.1, -0.05) is 20.8 Å². The van der Waals surface area contributed by atoms with Gasteiger partial charge in [0.1, 0.15) is 11.2 Å². The van der Waals surface area contributed by atoms with E-state index >= 15 is 0 Å². The topological polar surface area (TPSA) is 88.1 Å². The fourth-order valence-electron chi connectivity index (χ4n) is 5.04. The number of cyclic esters (lactones) is 1. The van der Waals surface area contributed by atoms with Crippen molar-refractivity contribution in [2.45, 2.75) is 71.1 Å². The number of methoxy groups -OCH3 is 1. The molecule has 7 heteroatoms. The van der Waals surface area contributed by atoms with Gasteiger partial charge in [-0.15, -0.1) is 0 Å². The average molecular weight is 380 g/mol. The number of ether oxygens (including phenoxy) is 4. The van der Waals surface area contributed by atoms with Gasteiger partial charge < -0.3 is 18.9 Å². The highest BCUT2D eigenvalue weighted by Gasteiger charge is 2.75. The van der Waals surface area contributed by atoms with E-state index in [9.17, 15) is 14.4 Å². The maximum atomic E-state index is 12.8. The van der Waals surface area contributed by atoms with Gasteiger partial charge in [0.05, 0.1) is 12.0 Å². The Morgan fingerprint density at radius 2 is 1.96 bits per heavy atom. The number of aldehydes is 1. The highest BCUT2D eigenvalue weighted by atomic mass is 16.7. The normalized spacial score (nSPS) is 43.5. The SMILES string of the molecule is CCC1=CC(=O)[C@@](C)(C[C@@H]2O[C@](OC)(C(C)C)[C@@]3(C)C(=O)O[C@H](C=O)[C@@H]23)O1. The molecule has 0 bridgehead atoms. The summed E-state index contributed by atoms with van der Waals surface area (Å²) in [7, 11) is 1.49. The molecule has 0 aromatic rings. The second-order valence-corrected chi connectivity index (χ2v) is 8.28. The molecule has 27 heavy (non-hydrogen) atoms. The molecule has 0 unspecified atom stereocenters. The van der Waals surface area contributed by atoms with Crippen LogP contribution >= 0.6 is 0 Å². The molecule has 3 heterocycles. The lowest BCUT2D eigenvalue weighted by Crippen LogP contribution is -2.54. The number of fused-ring (bicyclic) bond motifs is 1. The van der Waals surface area contributed by atoms with Crippen molar-refractivity contribution in [3.05, 3.63) is 11.8 Å². The van der Waals surface area contributed by atoms with Crippen LogP contribution in [0.25, 0.3) is 0 Å². The summed E-state index contributed by atoms with van der Waals surface area (Å²) in [4.78, 5) is 37.0. The van der Waals surface area contributed by atoms with Crippen LogP contribution in [0, 0.1) is 17.3 Å². The number of carbonyl (C=O) groups is 3. The van der Waals surface area contributed by atoms with E-state index in [0.29, 0.717) is 18.5 Å². The summed E-state index contributed by atoms with van der Waals surface area (Å²) >= 11 is 0. The summed E-state index contributed by atoms with van der Waals surface area (Å²) in [5.41, 5.74) is -2.26. The van der Waals surface area contributed by atoms with Crippen LogP contribution in [0.2, 0.25) is 0 Å². The highest BCUT2D eigenvalue weighted by Crippen LogP contribution is 2.61. The first kappa shape index (κ1) is 20.0. The number of allylic oxidation sites excluding steroid dienone is 1. The van der Waals surface area contributed by atoms with Crippen molar-refractivity contribution in [3.63, 3.8) is 0 Å². The molecule has 6 atom stereocenters. The van der Waals surface area contributed by atoms with Crippen molar-refractivity contribution in [2.75, 3.05) is 7.11 Å². The molecule has 2 saturated heterocycles. The summed E-state index contributed by atoms with van der Waals surface area (Å²) in [6, 6.07) is 0.